The number of hydrogen-bond acceptors (Lipinski definition) is 3. The zero-order valence-electron chi connectivity index (χ0n) is 16.2. The Hall–Kier alpha value is -0.630. The maximum absolute atomic E-state index is 5.43. The number of guanidine groups is 1. The molecule has 1 saturated carbocycles. The number of halogens is 1. The van der Waals surface area contributed by atoms with Crippen molar-refractivity contribution >= 4 is 41.7 Å². The fraction of sp³-hybridized carbons (Fsp3) is 0.650. The van der Waals surface area contributed by atoms with Crippen LogP contribution in [0.15, 0.2) is 34.2 Å². The van der Waals surface area contributed by atoms with E-state index in [9.17, 15) is 0 Å². The van der Waals surface area contributed by atoms with Gasteiger partial charge in [-0.15, -0.1) is 35.7 Å². The molecule has 0 radical (unpaired) electrons. The van der Waals surface area contributed by atoms with Crippen molar-refractivity contribution in [3.05, 3.63) is 24.3 Å². The van der Waals surface area contributed by atoms with Gasteiger partial charge in [-0.05, 0) is 42.7 Å². The number of nitrogens with zero attached hydrogens (tertiary/aromatic N) is 2. The zero-order chi connectivity index (χ0) is 17.7. The van der Waals surface area contributed by atoms with Crippen molar-refractivity contribution in [2.75, 3.05) is 39.5 Å². The summed E-state index contributed by atoms with van der Waals surface area (Å²) in [5.41, 5.74) is 0.614. The third-order valence-corrected chi connectivity index (χ3v) is 6.95. The second-order valence-electron chi connectivity index (χ2n) is 7.52. The number of benzene rings is 1. The third kappa shape index (κ3) is 5.21. The molecule has 1 spiro atoms. The lowest BCUT2D eigenvalue weighted by molar-refractivity contribution is 0.151. The van der Waals surface area contributed by atoms with Crippen LogP contribution in [0.5, 0.6) is 5.75 Å². The van der Waals surface area contributed by atoms with E-state index in [1.807, 2.05) is 30.9 Å². The van der Waals surface area contributed by atoms with Gasteiger partial charge in [0, 0.05) is 37.3 Å². The lowest BCUT2D eigenvalue weighted by Crippen LogP contribution is -2.44. The predicted molar refractivity (Wildman–Crippen MR) is 122 cm³/mol. The number of thioether (sulfide) groups is 1. The molecule has 1 unspecified atom stereocenters. The molecule has 1 saturated heterocycles. The van der Waals surface area contributed by atoms with Crippen LogP contribution < -0.4 is 10.1 Å². The maximum atomic E-state index is 5.43. The highest BCUT2D eigenvalue weighted by Gasteiger charge is 2.43. The lowest BCUT2D eigenvalue weighted by Gasteiger charge is -2.38. The first-order chi connectivity index (χ1) is 12.2. The number of ether oxygens (including phenoxy) is 1. The highest BCUT2D eigenvalue weighted by Crippen LogP contribution is 2.47. The number of likely N-dealkylation sites (tertiary alicyclic amines) is 1. The number of hydrogen-bond donors (Lipinski definition) is 1. The molecule has 2 aliphatic rings. The second-order valence-corrected chi connectivity index (χ2v) is 8.58. The van der Waals surface area contributed by atoms with Crippen molar-refractivity contribution in [1.82, 2.24) is 10.2 Å². The molecule has 1 aromatic carbocycles. The number of para-hydroxylation sites is 1. The first-order valence-electron chi connectivity index (χ1n) is 9.37. The first kappa shape index (κ1) is 21.7. The van der Waals surface area contributed by atoms with Crippen LogP contribution >= 0.6 is 35.7 Å². The van der Waals surface area contributed by atoms with Gasteiger partial charge in [0.2, 0.25) is 0 Å². The molecule has 1 heterocycles. The monoisotopic (exact) mass is 489 g/mol. The number of nitrogens with one attached hydrogen (secondary N) is 1. The Kier molecular flexibility index (Phi) is 8.39. The Bertz CT molecular complexity index is 606. The molecular weight excluding hydrogens is 457 g/mol. The molecule has 146 valence electrons. The van der Waals surface area contributed by atoms with Gasteiger partial charge >= 0.3 is 0 Å². The maximum Gasteiger partial charge on any atom is 0.193 e. The summed E-state index contributed by atoms with van der Waals surface area (Å²) in [4.78, 5) is 8.19. The smallest absolute Gasteiger partial charge is 0.193 e. The van der Waals surface area contributed by atoms with Crippen molar-refractivity contribution in [2.24, 2.45) is 16.3 Å². The van der Waals surface area contributed by atoms with Gasteiger partial charge in [-0.2, -0.15) is 0 Å². The fourth-order valence-corrected chi connectivity index (χ4v) is 4.88. The molecule has 26 heavy (non-hydrogen) atoms. The fourth-order valence-electron chi connectivity index (χ4n) is 3.83. The van der Waals surface area contributed by atoms with E-state index in [0.717, 1.165) is 30.6 Å². The zero-order valence-corrected chi connectivity index (χ0v) is 19.3. The Morgan fingerprint density at radius 1 is 1.35 bits per heavy atom. The van der Waals surface area contributed by atoms with Gasteiger partial charge < -0.3 is 15.0 Å². The molecule has 2 fully saturated rings. The molecule has 3 rings (SSSR count). The summed E-state index contributed by atoms with van der Waals surface area (Å²) in [7, 11) is 3.64. The van der Waals surface area contributed by atoms with Gasteiger partial charge in [0.15, 0.2) is 5.96 Å². The molecule has 4 nitrogen and oxygen atoms in total. The molecule has 1 aliphatic heterocycles. The molecule has 0 amide bonds. The van der Waals surface area contributed by atoms with Crippen molar-refractivity contribution in [1.29, 1.82) is 0 Å². The van der Waals surface area contributed by atoms with Crippen molar-refractivity contribution < 1.29 is 4.74 Å². The summed E-state index contributed by atoms with van der Waals surface area (Å²) in [6, 6.07) is 8.24. The topological polar surface area (TPSA) is 36.9 Å². The number of rotatable bonds is 6. The van der Waals surface area contributed by atoms with Crippen LogP contribution in [0.4, 0.5) is 0 Å². The molecule has 0 aromatic heterocycles. The van der Waals surface area contributed by atoms with Gasteiger partial charge in [0.25, 0.3) is 0 Å². The minimum Gasteiger partial charge on any atom is -0.496 e. The minimum atomic E-state index is 0. The first-order valence-corrected chi connectivity index (χ1v) is 10.4. The molecule has 1 N–H and O–H groups in total. The van der Waals surface area contributed by atoms with E-state index in [4.69, 9.17) is 4.74 Å². The van der Waals surface area contributed by atoms with E-state index in [1.165, 1.54) is 37.1 Å². The lowest BCUT2D eigenvalue weighted by atomic mass is 9.68. The summed E-state index contributed by atoms with van der Waals surface area (Å²) in [6.07, 6.45) is 5.57. The minimum absolute atomic E-state index is 0. The van der Waals surface area contributed by atoms with Crippen LogP contribution in [0, 0.1) is 11.3 Å². The molecule has 1 aliphatic carbocycles. The van der Waals surface area contributed by atoms with Crippen LogP contribution in [0.25, 0.3) is 0 Å². The van der Waals surface area contributed by atoms with E-state index in [-0.39, 0.29) is 24.0 Å². The summed E-state index contributed by atoms with van der Waals surface area (Å²) in [5.74, 6) is 3.67. The van der Waals surface area contributed by atoms with Gasteiger partial charge in [-0.1, -0.05) is 25.5 Å². The summed E-state index contributed by atoms with van der Waals surface area (Å²) >= 11 is 1.87. The quantitative estimate of drug-likeness (QED) is 0.277. The van der Waals surface area contributed by atoms with Crippen molar-refractivity contribution in [3.8, 4) is 5.75 Å². The van der Waals surface area contributed by atoms with Crippen LogP contribution in [0.3, 0.4) is 0 Å². The standard InChI is InChI=1S/C20H31N3OS.HI/c1-16(14-25-18-8-5-4-7-17(18)24-3)13-22-19(21-2)23-12-11-20(15-23)9-6-10-20;/h4-5,7-8,16H,6,9-15H2,1-3H3,(H,21,22);1H. The van der Waals surface area contributed by atoms with Gasteiger partial charge in [0.1, 0.15) is 5.75 Å². The summed E-state index contributed by atoms with van der Waals surface area (Å²) in [6.45, 7) is 5.60. The summed E-state index contributed by atoms with van der Waals surface area (Å²) < 4.78 is 5.43. The Labute approximate surface area is 179 Å². The Balaban J connectivity index is 0.00000243. The van der Waals surface area contributed by atoms with E-state index in [1.54, 1.807) is 7.11 Å². The molecule has 6 heteroatoms. The van der Waals surface area contributed by atoms with E-state index in [2.05, 4.69) is 34.3 Å². The predicted octanol–water partition coefficient (Wildman–Crippen LogP) is 4.49. The normalized spacial score (nSPS) is 19.7. The van der Waals surface area contributed by atoms with Gasteiger partial charge in [-0.3, -0.25) is 4.99 Å². The van der Waals surface area contributed by atoms with Crippen LogP contribution in [-0.4, -0.2) is 50.4 Å². The van der Waals surface area contributed by atoms with E-state index in [0.29, 0.717) is 11.3 Å². The average molecular weight is 489 g/mol. The van der Waals surface area contributed by atoms with E-state index < -0.39 is 0 Å². The van der Waals surface area contributed by atoms with Gasteiger partial charge in [-0.25, -0.2) is 0 Å². The largest absolute Gasteiger partial charge is 0.496 e. The summed E-state index contributed by atoms with van der Waals surface area (Å²) in [5, 5.41) is 3.59. The van der Waals surface area contributed by atoms with Crippen LogP contribution in [0.2, 0.25) is 0 Å². The molecule has 0 bridgehead atoms. The van der Waals surface area contributed by atoms with E-state index >= 15 is 0 Å². The SMILES string of the molecule is CN=C(NCC(C)CSc1ccccc1OC)N1CCC2(CCC2)C1.I. The van der Waals surface area contributed by atoms with Crippen LogP contribution in [0.1, 0.15) is 32.6 Å². The Morgan fingerprint density at radius 2 is 2.12 bits per heavy atom. The van der Waals surface area contributed by atoms with Crippen molar-refractivity contribution in [2.45, 2.75) is 37.5 Å². The molecular formula is C20H32IN3OS. The number of aliphatic imine (C=N–C) groups is 1. The molecule has 1 aromatic rings. The second kappa shape index (κ2) is 10.1. The van der Waals surface area contributed by atoms with Crippen molar-refractivity contribution in [3.63, 3.8) is 0 Å². The van der Waals surface area contributed by atoms with Crippen LogP contribution in [-0.2, 0) is 0 Å². The number of methoxy groups -OCH3 is 1. The highest BCUT2D eigenvalue weighted by molar-refractivity contribution is 14.0. The molecule has 1 atom stereocenters. The average Bonchev–Trinajstić information content (AvgIpc) is 3.07. The third-order valence-electron chi connectivity index (χ3n) is 5.56. The highest BCUT2D eigenvalue weighted by atomic mass is 127. The Morgan fingerprint density at radius 3 is 2.73 bits per heavy atom. The van der Waals surface area contributed by atoms with Gasteiger partial charge in [0.05, 0.1) is 7.11 Å².